The molecule has 0 aliphatic carbocycles. The molecular formula is C11H21N2O4P. The fourth-order valence-electron chi connectivity index (χ4n) is 1.90. The van der Waals surface area contributed by atoms with Crippen molar-refractivity contribution in [2.75, 3.05) is 33.2 Å². The van der Waals surface area contributed by atoms with Crippen LogP contribution in [0.1, 0.15) is 13.8 Å². The summed E-state index contributed by atoms with van der Waals surface area (Å²) in [5.41, 5.74) is 0.730. The minimum Gasteiger partial charge on any atom is -0.402 e. The van der Waals surface area contributed by atoms with Gasteiger partial charge < -0.3 is 14.3 Å². The van der Waals surface area contributed by atoms with Gasteiger partial charge in [0.25, 0.3) is 0 Å². The van der Waals surface area contributed by atoms with E-state index < -0.39 is 7.82 Å². The van der Waals surface area contributed by atoms with E-state index in [0.717, 1.165) is 31.9 Å². The lowest BCUT2D eigenvalue weighted by atomic mass is 10.2. The topological polar surface area (TPSA) is 73.2 Å². The Hall–Kier alpha value is -0.810. The Morgan fingerprint density at radius 3 is 2.11 bits per heavy atom. The van der Waals surface area contributed by atoms with Crippen LogP contribution in [0, 0.1) is 0 Å². The van der Waals surface area contributed by atoms with Gasteiger partial charge in [-0.1, -0.05) is 6.08 Å². The van der Waals surface area contributed by atoms with Crippen molar-refractivity contribution >= 4 is 7.82 Å². The first-order valence-electron chi connectivity index (χ1n) is 5.89. The summed E-state index contributed by atoms with van der Waals surface area (Å²) < 4.78 is 15.7. The Kier molecular flexibility index (Phi) is 5.41. The second-order valence-corrected chi connectivity index (χ2v) is 5.36. The predicted octanol–water partition coefficient (Wildman–Crippen LogP) is 1.15. The number of phosphoric acid groups is 1. The molecule has 0 bridgehead atoms. The van der Waals surface area contributed by atoms with Crippen molar-refractivity contribution < 1.29 is 18.9 Å². The molecular weight excluding hydrogens is 255 g/mol. The number of rotatable bonds is 4. The van der Waals surface area contributed by atoms with Crippen molar-refractivity contribution in [3.63, 3.8) is 0 Å². The van der Waals surface area contributed by atoms with Gasteiger partial charge in [-0.3, -0.25) is 9.79 Å². The minimum absolute atomic E-state index is 0.232. The van der Waals surface area contributed by atoms with Crippen LogP contribution in [0.2, 0.25) is 0 Å². The molecule has 7 heteroatoms. The number of nitrogens with zero attached hydrogens (tertiary/aromatic N) is 2. The second kappa shape index (κ2) is 6.38. The van der Waals surface area contributed by atoms with Crippen LogP contribution in [0.3, 0.4) is 0 Å². The van der Waals surface area contributed by atoms with E-state index in [1.54, 1.807) is 13.0 Å². The van der Waals surface area contributed by atoms with Crippen LogP contribution in [0.25, 0.3) is 0 Å². The summed E-state index contributed by atoms with van der Waals surface area (Å²) in [7, 11) is -2.46. The summed E-state index contributed by atoms with van der Waals surface area (Å²) in [6.07, 6.45) is 3.39. The van der Waals surface area contributed by atoms with Crippen molar-refractivity contribution in [2.45, 2.75) is 13.8 Å². The smallest absolute Gasteiger partial charge is 0.402 e. The first-order chi connectivity index (χ1) is 8.37. The molecule has 1 aliphatic rings. The summed E-state index contributed by atoms with van der Waals surface area (Å²) in [6.45, 7) is 7.01. The first-order valence-corrected chi connectivity index (χ1v) is 7.42. The van der Waals surface area contributed by atoms with Crippen LogP contribution in [0.4, 0.5) is 0 Å². The molecule has 1 saturated heterocycles. The van der Waals surface area contributed by atoms with E-state index in [2.05, 4.69) is 16.8 Å². The molecule has 1 heterocycles. The molecule has 0 amide bonds. The number of piperazine rings is 1. The summed E-state index contributed by atoms with van der Waals surface area (Å²) in [4.78, 5) is 22.1. The van der Waals surface area contributed by atoms with Gasteiger partial charge in [0.1, 0.15) is 5.76 Å². The zero-order chi connectivity index (χ0) is 13.8. The first kappa shape index (κ1) is 15.2. The molecule has 104 valence electrons. The molecule has 18 heavy (non-hydrogen) atoms. The quantitative estimate of drug-likeness (QED) is 0.456. The van der Waals surface area contributed by atoms with Gasteiger partial charge in [0.15, 0.2) is 0 Å². The van der Waals surface area contributed by atoms with Crippen LogP contribution < -0.4 is 0 Å². The minimum atomic E-state index is -4.51. The molecule has 2 N–H and O–H groups in total. The average Bonchev–Trinajstić information content (AvgIpc) is 2.29. The maximum Gasteiger partial charge on any atom is 0.524 e. The SMILES string of the molecule is CC=C(OP(=O)(O)O)C(=CC)N1CCN(C)CC1. The molecule has 1 rings (SSSR count). The number of likely N-dealkylation sites (N-methyl/N-ethyl adjacent to an activating group) is 1. The Balaban J connectivity index is 2.79. The van der Waals surface area contributed by atoms with Gasteiger partial charge in [-0.2, -0.15) is 0 Å². The molecule has 1 fully saturated rings. The van der Waals surface area contributed by atoms with Crippen molar-refractivity contribution in [3.8, 4) is 0 Å². The third kappa shape index (κ3) is 4.46. The molecule has 0 aromatic heterocycles. The molecule has 0 spiro atoms. The standard InChI is InChI=1S/C11H21N2O4P/c1-4-10(11(5-2)17-18(14,15)16)13-8-6-12(3)7-9-13/h4-5H,6-9H2,1-3H3,(H2,14,15,16). The summed E-state index contributed by atoms with van der Waals surface area (Å²) in [5, 5.41) is 0. The zero-order valence-corrected chi connectivity index (χ0v) is 11.9. The van der Waals surface area contributed by atoms with E-state index in [1.807, 2.05) is 13.0 Å². The van der Waals surface area contributed by atoms with E-state index in [9.17, 15) is 4.57 Å². The van der Waals surface area contributed by atoms with Crippen molar-refractivity contribution in [2.24, 2.45) is 0 Å². The van der Waals surface area contributed by atoms with Gasteiger partial charge in [0.05, 0.1) is 5.70 Å². The third-order valence-corrected chi connectivity index (χ3v) is 3.28. The third-order valence-electron chi connectivity index (χ3n) is 2.85. The molecule has 0 unspecified atom stereocenters. The van der Waals surface area contributed by atoms with Crippen LogP contribution in [0.5, 0.6) is 0 Å². The van der Waals surface area contributed by atoms with E-state index >= 15 is 0 Å². The van der Waals surface area contributed by atoms with Gasteiger partial charge in [0.2, 0.25) is 0 Å². The monoisotopic (exact) mass is 276 g/mol. The van der Waals surface area contributed by atoms with E-state index in [1.165, 1.54) is 0 Å². The van der Waals surface area contributed by atoms with Crippen LogP contribution in [-0.2, 0) is 9.09 Å². The average molecular weight is 276 g/mol. The maximum atomic E-state index is 10.9. The highest BCUT2D eigenvalue weighted by Gasteiger charge is 2.24. The fraction of sp³-hybridized carbons (Fsp3) is 0.636. The van der Waals surface area contributed by atoms with Crippen LogP contribution >= 0.6 is 7.82 Å². The fourth-order valence-corrected chi connectivity index (χ4v) is 2.36. The largest absolute Gasteiger partial charge is 0.524 e. The molecule has 0 saturated carbocycles. The molecule has 1 aliphatic heterocycles. The van der Waals surface area contributed by atoms with Crippen LogP contribution in [0.15, 0.2) is 23.6 Å². The van der Waals surface area contributed by atoms with Gasteiger partial charge in [-0.15, -0.1) is 0 Å². The highest BCUT2D eigenvalue weighted by Crippen LogP contribution is 2.41. The Morgan fingerprint density at radius 2 is 1.72 bits per heavy atom. The van der Waals surface area contributed by atoms with Crippen molar-refractivity contribution in [1.29, 1.82) is 0 Å². The van der Waals surface area contributed by atoms with Gasteiger partial charge in [0, 0.05) is 26.2 Å². The number of allylic oxidation sites excluding steroid dienone is 2. The van der Waals surface area contributed by atoms with Crippen molar-refractivity contribution in [3.05, 3.63) is 23.6 Å². The lowest BCUT2D eigenvalue weighted by Gasteiger charge is -2.36. The molecule has 6 nitrogen and oxygen atoms in total. The highest BCUT2D eigenvalue weighted by molar-refractivity contribution is 7.46. The van der Waals surface area contributed by atoms with E-state index in [-0.39, 0.29) is 5.76 Å². The van der Waals surface area contributed by atoms with E-state index in [0.29, 0.717) is 0 Å². The maximum absolute atomic E-state index is 10.9. The second-order valence-electron chi connectivity index (χ2n) is 4.20. The number of hydrogen-bond donors (Lipinski definition) is 2. The van der Waals surface area contributed by atoms with Crippen molar-refractivity contribution in [1.82, 2.24) is 9.80 Å². The molecule has 0 radical (unpaired) electrons. The summed E-state index contributed by atoms with van der Waals surface area (Å²) in [5.74, 6) is 0.232. The lowest BCUT2D eigenvalue weighted by Crippen LogP contribution is -2.44. The lowest BCUT2D eigenvalue weighted by molar-refractivity contribution is 0.174. The highest BCUT2D eigenvalue weighted by atomic mass is 31.2. The van der Waals surface area contributed by atoms with Gasteiger partial charge >= 0.3 is 7.82 Å². The molecule has 0 aromatic rings. The number of phosphoric ester groups is 1. The van der Waals surface area contributed by atoms with E-state index in [4.69, 9.17) is 14.3 Å². The molecule has 0 atom stereocenters. The summed E-state index contributed by atoms with van der Waals surface area (Å²) in [6, 6.07) is 0. The Labute approximate surface area is 108 Å². The number of hydrogen-bond acceptors (Lipinski definition) is 4. The Bertz CT molecular complexity index is 381. The van der Waals surface area contributed by atoms with Crippen LogP contribution in [-0.4, -0.2) is 52.8 Å². The molecule has 0 aromatic carbocycles. The summed E-state index contributed by atoms with van der Waals surface area (Å²) >= 11 is 0. The Morgan fingerprint density at radius 1 is 1.17 bits per heavy atom. The van der Waals surface area contributed by atoms with Gasteiger partial charge in [-0.05, 0) is 27.0 Å². The zero-order valence-electron chi connectivity index (χ0n) is 11.0. The van der Waals surface area contributed by atoms with Gasteiger partial charge in [-0.25, -0.2) is 4.57 Å². The normalized spacial score (nSPS) is 20.2. The predicted molar refractivity (Wildman–Crippen MR) is 69.7 cm³/mol.